The lowest BCUT2D eigenvalue weighted by molar-refractivity contribution is -0.120. The van der Waals surface area contributed by atoms with Gasteiger partial charge in [-0.1, -0.05) is 17.7 Å². The van der Waals surface area contributed by atoms with Crippen LogP contribution in [0.2, 0.25) is 0 Å². The topological polar surface area (TPSA) is 100 Å². The van der Waals surface area contributed by atoms with Crippen LogP contribution in [0.4, 0.5) is 0 Å². The van der Waals surface area contributed by atoms with Crippen molar-refractivity contribution in [2.75, 3.05) is 13.7 Å². The standard InChI is InChI=1S/C18H19N3O4/c1-12-3-5-13(6-4-12)18(24)19-11-17(23)21-20-10-14-9-15(25-2)7-8-16(14)22/h3-10,22H,11H2,1-2H3,(H,19,24)(H,21,23). The molecule has 7 nitrogen and oxygen atoms in total. The number of rotatable bonds is 6. The Labute approximate surface area is 145 Å². The summed E-state index contributed by atoms with van der Waals surface area (Å²) in [7, 11) is 1.51. The average Bonchev–Trinajstić information content (AvgIpc) is 2.62. The van der Waals surface area contributed by atoms with E-state index in [9.17, 15) is 14.7 Å². The zero-order chi connectivity index (χ0) is 18.2. The van der Waals surface area contributed by atoms with Crippen LogP contribution in [0, 0.1) is 6.92 Å². The van der Waals surface area contributed by atoms with Crippen LogP contribution in [0.5, 0.6) is 11.5 Å². The molecule has 0 unspecified atom stereocenters. The maximum atomic E-state index is 11.9. The number of methoxy groups -OCH3 is 1. The Morgan fingerprint density at radius 3 is 2.60 bits per heavy atom. The molecule has 2 aromatic rings. The second kappa shape index (κ2) is 8.49. The van der Waals surface area contributed by atoms with E-state index >= 15 is 0 Å². The molecule has 25 heavy (non-hydrogen) atoms. The number of carbonyl (C=O) groups excluding carboxylic acids is 2. The van der Waals surface area contributed by atoms with Gasteiger partial charge in [0.25, 0.3) is 11.8 Å². The number of phenols is 1. The molecule has 0 aliphatic carbocycles. The van der Waals surface area contributed by atoms with E-state index in [0.29, 0.717) is 16.9 Å². The van der Waals surface area contributed by atoms with Gasteiger partial charge in [-0.15, -0.1) is 0 Å². The summed E-state index contributed by atoms with van der Waals surface area (Å²) in [5, 5.41) is 16.0. The summed E-state index contributed by atoms with van der Waals surface area (Å²) in [5.74, 6) is -0.272. The number of ether oxygens (including phenoxy) is 1. The number of aromatic hydroxyl groups is 1. The molecule has 2 amide bonds. The van der Waals surface area contributed by atoms with Crippen molar-refractivity contribution >= 4 is 18.0 Å². The lowest BCUT2D eigenvalue weighted by Crippen LogP contribution is -2.34. The number of hydrogen-bond acceptors (Lipinski definition) is 5. The quantitative estimate of drug-likeness (QED) is 0.549. The van der Waals surface area contributed by atoms with Crippen molar-refractivity contribution in [3.63, 3.8) is 0 Å². The van der Waals surface area contributed by atoms with Crippen molar-refractivity contribution in [2.24, 2.45) is 5.10 Å². The second-order valence-corrected chi connectivity index (χ2v) is 5.27. The van der Waals surface area contributed by atoms with E-state index < -0.39 is 5.91 Å². The molecule has 0 fully saturated rings. The molecule has 3 N–H and O–H groups in total. The van der Waals surface area contributed by atoms with Crippen molar-refractivity contribution < 1.29 is 19.4 Å². The van der Waals surface area contributed by atoms with Gasteiger partial charge in [-0.2, -0.15) is 5.10 Å². The summed E-state index contributed by atoms with van der Waals surface area (Å²) in [6.07, 6.45) is 1.29. The lowest BCUT2D eigenvalue weighted by atomic mass is 10.1. The fraction of sp³-hybridized carbons (Fsp3) is 0.167. The van der Waals surface area contributed by atoms with Gasteiger partial charge in [-0.25, -0.2) is 5.43 Å². The Morgan fingerprint density at radius 1 is 1.20 bits per heavy atom. The minimum atomic E-state index is -0.487. The molecule has 0 saturated heterocycles. The molecular weight excluding hydrogens is 322 g/mol. The maximum Gasteiger partial charge on any atom is 0.259 e. The molecule has 2 aromatic carbocycles. The van der Waals surface area contributed by atoms with E-state index in [1.807, 2.05) is 19.1 Å². The van der Waals surface area contributed by atoms with Crippen LogP contribution in [-0.2, 0) is 4.79 Å². The van der Waals surface area contributed by atoms with E-state index in [0.717, 1.165) is 5.56 Å². The van der Waals surface area contributed by atoms with Crippen LogP contribution in [-0.4, -0.2) is 36.8 Å². The van der Waals surface area contributed by atoms with E-state index in [4.69, 9.17) is 4.74 Å². The minimum absolute atomic E-state index is 0.00599. The number of carbonyl (C=O) groups is 2. The monoisotopic (exact) mass is 341 g/mol. The number of nitrogens with zero attached hydrogens (tertiary/aromatic N) is 1. The SMILES string of the molecule is COc1ccc(O)c(C=NNC(=O)CNC(=O)c2ccc(C)cc2)c1. The zero-order valence-electron chi connectivity index (χ0n) is 13.9. The highest BCUT2D eigenvalue weighted by Gasteiger charge is 2.07. The summed E-state index contributed by atoms with van der Waals surface area (Å²) in [5.41, 5.74) is 4.19. The molecule has 2 rings (SSSR count). The van der Waals surface area contributed by atoms with Gasteiger partial charge in [0.15, 0.2) is 0 Å². The number of amides is 2. The molecule has 0 saturated carbocycles. The first-order valence-electron chi connectivity index (χ1n) is 7.53. The molecule has 0 heterocycles. The molecule has 0 aromatic heterocycles. The van der Waals surface area contributed by atoms with Gasteiger partial charge in [0.05, 0.1) is 19.9 Å². The van der Waals surface area contributed by atoms with Crippen molar-refractivity contribution in [2.45, 2.75) is 6.92 Å². The van der Waals surface area contributed by atoms with Gasteiger partial charge in [-0.05, 0) is 37.3 Å². The third-order valence-corrected chi connectivity index (χ3v) is 3.35. The molecule has 0 radical (unpaired) electrons. The summed E-state index contributed by atoms with van der Waals surface area (Å²) >= 11 is 0. The summed E-state index contributed by atoms with van der Waals surface area (Å²) in [6.45, 7) is 1.71. The van der Waals surface area contributed by atoms with Crippen LogP contribution < -0.4 is 15.5 Å². The van der Waals surface area contributed by atoms with Crippen molar-refractivity contribution in [1.82, 2.24) is 10.7 Å². The van der Waals surface area contributed by atoms with Crippen LogP contribution in [0.1, 0.15) is 21.5 Å². The number of aryl methyl sites for hydroxylation is 1. The fourth-order valence-corrected chi connectivity index (χ4v) is 1.94. The molecular formula is C18H19N3O4. The molecule has 0 aliphatic heterocycles. The Kier molecular flexibility index (Phi) is 6.11. The first-order valence-corrected chi connectivity index (χ1v) is 7.53. The second-order valence-electron chi connectivity index (χ2n) is 5.27. The normalized spacial score (nSPS) is 10.5. The number of nitrogens with one attached hydrogen (secondary N) is 2. The third-order valence-electron chi connectivity index (χ3n) is 3.35. The van der Waals surface area contributed by atoms with Crippen LogP contribution in [0.15, 0.2) is 47.6 Å². The highest BCUT2D eigenvalue weighted by molar-refractivity contribution is 5.96. The van der Waals surface area contributed by atoms with E-state index in [1.54, 1.807) is 24.3 Å². The molecule has 0 atom stereocenters. The summed E-state index contributed by atoms with van der Waals surface area (Å²) in [6, 6.07) is 11.7. The first kappa shape index (κ1) is 18.0. The number of hydrazone groups is 1. The number of benzene rings is 2. The van der Waals surface area contributed by atoms with Gasteiger partial charge >= 0.3 is 0 Å². The zero-order valence-corrected chi connectivity index (χ0v) is 13.9. The highest BCUT2D eigenvalue weighted by atomic mass is 16.5. The molecule has 130 valence electrons. The Hall–Kier alpha value is -3.35. The van der Waals surface area contributed by atoms with Gasteiger partial charge in [0.1, 0.15) is 11.5 Å². The lowest BCUT2D eigenvalue weighted by Gasteiger charge is -2.05. The molecule has 0 bridgehead atoms. The third kappa shape index (κ3) is 5.35. The fourth-order valence-electron chi connectivity index (χ4n) is 1.94. The van der Waals surface area contributed by atoms with Crippen LogP contribution >= 0.6 is 0 Å². The Morgan fingerprint density at radius 2 is 1.92 bits per heavy atom. The summed E-state index contributed by atoms with van der Waals surface area (Å²) < 4.78 is 5.04. The Bertz CT molecular complexity index is 785. The van der Waals surface area contributed by atoms with E-state index in [2.05, 4.69) is 15.8 Å². The van der Waals surface area contributed by atoms with Crippen molar-refractivity contribution in [1.29, 1.82) is 0 Å². The highest BCUT2D eigenvalue weighted by Crippen LogP contribution is 2.20. The van der Waals surface area contributed by atoms with Gasteiger partial charge < -0.3 is 15.2 Å². The molecule has 0 spiro atoms. The molecule has 0 aliphatic rings. The van der Waals surface area contributed by atoms with Gasteiger partial charge in [0.2, 0.25) is 0 Å². The maximum absolute atomic E-state index is 11.9. The number of hydrogen-bond donors (Lipinski definition) is 3. The van der Waals surface area contributed by atoms with Crippen molar-refractivity contribution in [3.8, 4) is 11.5 Å². The minimum Gasteiger partial charge on any atom is -0.507 e. The van der Waals surface area contributed by atoms with Crippen molar-refractivity contribution in [3.05, 3.63) is 59.2 Å². The van der Waals surface area contributed by atoms with Crippen LogP contribution in [0.3, 0.4) is 0 Å². The predicted octanol–water partition coefficient (Wildman–Crippen LogP) is 1.59. The largest absolute Gasteiger partial charge is 0.507 e. The van der Waals surface area contributed by atoms with E-state index in [-0.39, 0.29) is 18.2 Å². The van der Waals surface area contributed by atoms with Gasteiger partial charge in [-0.3, -0.25) is 9.59 Å². The molecule has 7 heteroatoms. The smallest absolute Gasteiger partial charge is 0.259 e. The predicted molar refractivity (Wildman–Crippen MR) is 93.9 cm³/mol. The number of phenolic OH excluding ortho intramolecular Hbond substituents is 1. The average molecular weight is 341 g/mol. The van der Waals surface area contributed by atoms with E-state index in [1.165, 1.54) is 19.4 Å². The summed E-state index contributed by atoms with van der Waals surface area (Å²) in [4.78, 5) is 23.6. The van der Waals surface area contributed by atoms with Gasteiger partial charge in [0, 0.05) is 11.1 Å². The Balaban J connectivity index is 1.84. The first-order chi connectivity index (χ1) is 12.0. The van der Waals surface area contributed by atoms with Crippen LogP contribution in [0.25, 0.3) is 0 Å².